The van der Waals surface area contributed by atoms with E-state index in [0.29, 0.717) is 16.8 Å². The van der Waals surface area contributed by atoms with Gasteiger partial charge in [0, 0.05) is 55.7 Å². The highest BCUT2D eigenvalue weighted by Gasteiger charge is 2.33. The molecule has 0 saturated carbocycles. The fourth-order valence-corrected chi connectivity index (χ4v) is 3.91. The van der Waals surface area contributed by atoms with Gasteiger partial charge in [-0.2, -0.15) is 5.01 Å². The van der Waals surface area contributed by atoms with Gasteiger partial charge in [-0.05, 0) is 37.3 Å². The van der Waals surface area contributed by atoms with Crippen LogP contribution in [-0.2, 0) is 9.59 Å². The van der Waals surface area contributed by atoms with Gasteiger partial charge in [0.2, 0.25) is 5.91 Å². The predicted octanol–water partition coefficient (Wildman–Crippen LogP) is 3.79. The molecule has 4 rings (SSSR count). The van der Waals surface area contributed by atoms with E-state index in [1.807, 2.05) is 31.1 Å². The number of phenolic OH excluding ortho intramolecular Hbond substituents is 1. The van der Waals surface area contributed by atoms with Crippen LogP contribution in [0.1, 0.15) is 35.3 Å². The molecule has 200 valence electrons. The van der Waals surface area contributed by atoms with Crippen molar-refractivity contribution in [3.8, 4) is 11.5 Å². The highest BCUT2D eigenvalue weighted by Crippen LogP contribution is 2.29. The number of nitrogens with one attached hydrogen (secondary N) is 2. The number of carbonyl (C=O) groups excluding carboxylic acids is 3. The Hall–Kier alpha value is -5.12. The second kappa shape index (κ2) is 11.5. The first-order valence-corrected chi connectivity index (χ1v) is 12.2. The summed E-state index contributed by atoms with van der Waals surface area (Å²) >= 11 is 0. The molecule has 0 saturated heterocycles. The number of aliphatic imine (C=N–C) groups is 1. The Morgan fingerprint density at radius 2 is 1.82 bits per heavy atom. The van der Waals surface area contributed by atoms with E-state index in [2.05, 4.69) is 15.7 Å². The minimum Gasteiger partial charge on any atom is -0.507 e. The molecule has 3 aromatic rings. The van der Waals surface area contributed by atoms with Crippen LogP contribution in [0.4, 0.5) is 11.4 Å². The minimum atomic E-state index is -0.607. The first-order chi connectivity index (χ1) is 18.7. The van der Waals surface area contributed by atoms with Gasteiger partial charge in [-0.15, -0.1) is 0 Å². The summed E-state index contributed by atoms with van der Waals surface area (Å²) in [5.41, 5.74) is 5.12. The largest absolute Gasteiger partial charge is 0.507 e. The van der Waals surface area contributed by atoms with Crippen molar-refractivity contribution in [1.29, 1.82) is 0 Å². The number of hydrogen-bond acceptors (Lipinski definition) is 7. The summed E-state index contributed by atoms with van der Waals surface area (Å²) < 4.78 is 5.63. The zero-order chi connectivity index (χ0) is 28.1. The number of amidine groups is 1. The lowest BCUT2D eigenvalue weighted by molar-refractivity contribution is -0.124. The molecule has 3 amide bonds. The van der Waals surface area contributed by atoms with Crippen LogP contribution in [0.2, 0.25) is 0 Å². The number of amides is 3. The summed E-state index contributed by atoms with van der Waals surface area (Å²) in [7, 11) is 3.71. The number of ether oxygens (including phenoxy) is 1. The zero-order valence-corrected chi connectivity index (χ0v) is 22.1. The lowest BCUT2D eigenvalue weighted by Crippen LogP contribution is -2.47. The molecule has 0 spiro atoms. The summed E-state index contributed by atoms with van der Waals surface area (Å²) in [4.78, 5) is 44.7. The van der Waals surface area contributed by atoms with Gasteiger partial charge in [0.25, 0.3) is 11.8 Å². The van der Waals surface area contributed by atoms with Crippen LogP contribution in [0, 0.1) is 0 Å². The van der Waals surface area contributed by atoms with E-state index in [0.717, 1.165) is 10.7 Å². The second-order valence-electron chi connectivity index (χ2n) is 8.88. The molecule has 3 aromatic carbocycles. The van der Waals surface area contributed by atoms with Crippen LogP contribution in [0.5, 0.6) is 11.5 Å². The zero-order valence-electron chi connectivity index (χ0n) is 22.1. The Morgan fingerprint density at radius 3 is 2.46 bits per heavy atom. The first-order valence-electron chi connectivity index (χ1n) is 12.2. The molecule has 0 atom stereocenters. The van der Waals surface area contributed by atoms with Gasteiger partial charge in [0.15, 0.2) is 5.84 Å². The summed E-state index contributed by atoms with van der Waals surface area (Å²) in [6.07, 6.45) is 1.47. The molecule has 39 heavy (non-hydrogen) atoms. The van der Waals surface area contributed by atoms with Crippen molar-refractivity contribution >= 4 is 41.0 Å². The SMILES string of the molecule is CCOc1cc(NC(C)=O)ccc1C(=O)NN1C(=O)/C(=C/c2ccc(N(C)C)cc2O)N=C1c1ccccc1. The maximum atomic E-state index is 13.5. The van der Waals surface area contributed by atoms with Gasteiger partial charge >= 0.3 is 0 Å². The molecule has 0 fully saturated rings. The van der Waals surface area contributed by atoms with Crippen LogP contribution >= 0.6 is 0 Å². The fourth-order valence-electron chi connectivity index (χ4n) is 3.91. The maximum absolute atomic E-state index is 13.5. The van der Waals surface area contributed by atoms with Gasteiger partial charge in [-0.25, -0.2) is 4.99 Å². The number of carbonyl (C=O) groups is 3. The van der Waals surface area contributed by atoms with Crippen LogP contribution in [0.25, 0.3) is 6.08 Å². The van der Waals surface area contributed by atoms with Crippen molar-refractivity contribution in [2.45, 2.75) is 13.8 Å². The van der Waals surface area contributed by atoms with E-state index in [1.165, 1.54) is 19.1 Å². The van der Waals surface area contributed by atoms with Gasteiger partial charge in [-0.1, -0.05) is 30.3 Å². The van der Waals surface area contributed by atoms with Crippen LogP contribution < -0.4 is 20.4 Å². The molecule has 0 unspecified atom stereocenters. The number of hydrogen-bond donors (Lipinski definition) is 3. The third-order valence-electron chi connectivity index (χ3n) is 5.77. The summed E-state index contributed by atoms with van der Waals surface area (Å²) in [6, 6.07) is 18.7. The van der Waals surface area contributed by atoms with Crippen LogP contribution in [-0.4, -0.2) is 54.4 Å². The van der Waals surface area contributed by atoms with E-state index in [9.17, 15) is 19.5 Å². The molecular formula is C29H29N5O5. The van der Waals surface area contributed by atoms with E-state index in [4.69, 9.17) is 4.74 Å². The van der Waals surface area contributed by atoms with Crippen molar-refractivity contribution in [2.24, 2.45) is 4.99 Å². The molecule has 0 aromatic heterocycles. The van der Waals surface area contributed by atoms with Crippen LogP contribution in [0.3, 0.4) is 0 Å². The molecule has 3 N–H and O–H groups in total. The smallest absolute Gasteiger partial charge is 0.297 e. The number of anilines is 2. The van der Waals surface area contributed by atoms with Gasteiger partial charge in [-0.3, -0.25) is 19.8 Å². The molecular weight excluding hydrogens is 498 g/mol. The topological polar surface area (TPSA) is 124 Å². The second-order valence-corrected chi connectivity index (χ2v) is 8.88. The highest BCUT2D eigenvalue weighted by atomic mass is 16.5. The third kappa shape index (κ3) is 6.07. The van der Waals surface area contributed by atoms with E-state index in [-0.39, 0.29) is 41.1 Å². The van der Waals surface area contributed by atoms with Gasteiger partial charge in [0.1, 0.15) is 17.2 Å². The third-order valence-corrected chi connectivity index (χ3v) is 5.77. The van der Waals surface area contributed by atoms with Crippen molar-refractivity contribution < 1.29 is 24.2 Å². The van der Waals surface area contributed by atoms with Gasteiger partial charge in [0.05, 0.1) is 12.2 Å². The Morgan fingerprint density at radius 1 is 1.08 bits per heavy atom. The molecule has 1 aliphatic heterocycles. The predicted molar refractivity (Wildman–Crippen MR) is 150 cm³/mol. The van der Waals surface area contributed by atoms with E-state index >= 15 is 0 Å². The van der Waals surface area contributed by atoms with Crippen molar-refractivity contribution in [1.82, 2.24) is 10.4 Å². The molecule has 0 radical (unpaired) electrons. The van der Waals surface area contributed by atoms with Crippen molar-refractivity contribution in [3.63, 3.8) is 0 Å². The standard InChI is InChI=1S/C29H29N5O5/c1-5-39-26-16-21(30-18(2)35)12-14-23(26)28(37)32-34-27(19-9-7-6-8-10-19)31-24(29(34)38)15-20-11-13-22(33(3)4)17-25(20)36/h6-17,36H,5H2,1-4H3,(H,30,35)(H,32,37)/b24-15-. The Bertz CT molecular complexity index is 1480. The summed E-state index contributed by atoms with van der Waals surface area (Å²) in [5, 5.41) is 14.3. The average Bonchev–Trinajstić information content (AvgIpc) is 3.20. The van der Waals surface area contributed by atoms with Crippen molar-refractivity contribution in [2.75, 3.05) is 30.9 Å². The van der Waals surface area contributed by atoms with Gasteiger partial charge < -0.3 is 20.1 Å². The Balaban J connectivity index is 1.69. The fraction of sp³-hybridized carbons (Fsp3) is 0.172. The van der Waals surface area contributed by atoms with E-state index in [1.54, 1.807) is 55.5 Å². The molecule has 10 heteroatoms. The molecule has 0 bridgehead atoms. The lowest BCUT2D eigenvalue weighted by atomic mass is 10.1. The maximum Gasteiger partial charge on any atom is 0.297 e. The number of rotatable bonds is 8. The number of nitrogens with zero attached hydrogens (tertiary/aromatic N) is 3. The summed E-state index contributed by atoms with van der Waals surface area (Å²) in [5.74, 6) is -0.996. The molecule has 1 aliphatic rings. The lowest BCUT2D eigenvalue weighted by Gasteiger charge is -2.20. The molecule has 0 aliphatic carbocycles. The number of phenols is 1. The molecule has 10 nitrogen and oxygen atoms in total. The van der Waals surface area contributed by atoms with Crippen molar-refractivity contribution in [3.05, 3.63) is 89.1 Å². The quantitative estimate of drug-likeness (QED) is 0.383. The number of aromatic hydroxyl groups is 1. The Labute approximate surface area is 226 Å². The normalized spacial score (nSPS) is 13.7. The minimum absolute atomic E-state index is 0.0129. The Kier molecular flexibility index (Phi) is 7.95. The van der Waals surface area contributed by atoms with E-state index < -0.39 is 11.8 Å². The average molecular weight is 528 g/mol. The monoisotopic (exact) mass is 527 g/mol. The highest BCUT2D eigenvalue weighted by molar-refractivity contribution is 6.20. The molecule has 1 heterocycles. The number of hydrazine groups is 1. The summed E-state index contributed by atoms with van der Waals surface area (Å²) in [6.45, 7) is 3.44. The van der Waals surface area contributed by atoms with Crippen LogP contribution in [0.15, 0.2) is 77.4 Å². The first kappa shape index (κ1) is 26.9. The number of benzene rings is 3.